The molecule has 0 radical (unpaired) electrons. The second-order valence-corrected chi connectivity index (χ2v) is 3.17. The van der Waals surface area contributed by atoms with Crippen LogP contribution in [0.25, 0.3) is 0 Å². The second kappa shape index (κ2) is 22.8. The largest absolute Gasteiger partial charge is 0.303 e. The van der Waals surface area contributed by atoms with Gasteiger partial charge in [-0.15, -0.1) is 13.2 Å². The molecule has 86 valence electrons. The summed E-state index contributed by atoms with van der Waals surface area (Å²) in [7, 11) is 0. The highest BCUT2D eigenvalue weighted by Crippen LogP contribution is 2.12. The molecule has 0 rings (SSSR count). The molecule has 1 atom stereocenters. The number of rotatable bonds is 5. The van der Waals surface area contributed by atoms with E-state index in [0.29, 0.717) is 5.92 Å². The van der Waals surface area contributed by atoms with Crippen molar-refractivity contribution in [2.24, 2.45) is 5.92 Å². The van der Waals surface area contributed by atoms with Crippen LogP contribution < -0.4 is 0 Å². The fraction of sp³-hybridized carbons (Fsp3) is 0.769. The SMILES string of the molecule is C=C.CCC.CCCC(CC)CC=O. The second-order valence-electron chi connectivity index (χ2n) is 3.17. The molecule has 0 saturated heterocycles. The van der Waals surface area contributed by atoms with Crippen LogP contribution in [0.2, 0.25) is 0 Å². The monoisotopic (exact) mass is 200 g/mol. The zero-order valence-corrected chi connectivity index (χ0v) is 10.5. The van der Waals surface area contributed by atoms with Crippen LogP contribution in [-0.2, 0) is 4.79 Å². The van der Waals surface area contributed by atoms with E-state index in [2.05, 4.69) is 40.9 Å². The Balaban J connectivity index is -0.000000205. The van der Waals surface area contributed by atoms with E-state index in [0.717, 1.165) is 19.1 Å². The summed E-state index contributed by atoms with van der Waals surface area (Å²) in [5, 5.41) is 0. The summed E-state index contributed by atoms with van der Waals surface area (Å²) in [6.45, 7) is 14.6. The van der Waals surface area contributed by atoms with E-state index >= 15 is 0 Å². The zero-order valence-electron chi connectivity index (χ0n) is 10.5. The number of hydrogen-bond donors (Lipinski definition) is 0. The van der Waals surface area contributed by atoms with Gasteiger partial charge in [0.2, 0.25) is 0 Å². The van der Waals surface area contributed by atoms with Crippen molar-refractivity contribution in [1.82, 2.24) is 0 Å². The van der Waals surface area contributed by atoms with E-state index in [1.165, 1.54) is 19.3 Å². The molecule has 0 aromatic heterocycles. The highest BCUT2D eigenvalue weighted by molar-refractivity contribution is 5.49. The molecule has 0 heterocycles. The Hall–Kier alpha value is -0.590. The molecule has 0 aromatic rings. The molecular formula is C13H28O. The summed E-state index contributed by atoms with van der Waals surface area (Å²) < 4.78 is 0. The molecular weight excluding hydrogens is 172 g/mol. The predicted molar refractivity (Wildman–Crippen MR) is 66.6 cm³/mol. The minimum absolute atomic E-state index is 0.646. The fourth-order valence-corrected chi connectivity index (χ4v) is 1.03. The number of carbonyl (C=O) groups excluding carboxylic acids is 1. The Kier molecular flexibility index (Phi) is 31.1. The van der Waals surface area contributed by atoms with Crippen LogP contribution in [0, 0.1) is 5.92 Å². The van der Waals surface area contributed by atoms with Gasteiger partial charge in [0.05, 0.1) is 0 Å². The van der Waals surface area contributed by atoms with Gasteiger partial charge >= 0.3 is 0 Å². The lowest BCUT2D eigenvalue weighted by atomic mass is 9.98. The maximum absolute atomic E-state index is 10.0. The molecule has 0 aliphatic rings. The zero-order chi connectivity index (χ0) is 11.8. The molecule has 1 nitrogen and oxygen atoms in total. The van der Waals surface area contributed by atoms with Crippen molar-refractivity contribution in [1.29, 1.82) is 0 Å². The molecule has 0 spiro atoms. The van der Waals surface area contributed by atoms with Gasteiger partial charge in [-0.1, -0.05) is 53.4 Å². The van der Waals surface area contributed by atoms with Gasteiger partial charge in [-0.3, -0.25) is 0 Å². The van der Waals surface area contributed by atoms with Crippen molar-refractivity contribution < 1.29 is 4.79 Å². The average molecular weight is 200 g/mol. The third-order valence-corrected chi connectivity index (χ3v) is 1.70. The molecule has 1 unspecified atom stereocenters. The Labute approximate surface area is 90.6 Å². The number of carbonyl (C=O) groups is 1. The number of hydrogen-bond acceptors (Lipinski definition) is 1. The minimum Gasteiger partial charge on any atom is -0.303 e. The van der Waals surface area contributed by atoms with Crippen LogP contribution in [-0.4, -0.2) is 6.29 Å². The Bertz CT molecular complexity index is 89.2. The van der Waals surface area contributed by atoms with Gasteiger partial charge in [0.1, 0.15) is 6.29 Å². The highest BCUT2D eigenvalue weighted by Gasteiger charge is 2.01. The molecule has 14 heavy (non-hydrogen) atoms. The maximum atomic E-state index is 10.0. The van der Waals surface area contributed by atoms with Gasteiger partial charge in [-0.25, -0.2) is 0 Å². The van der Waals surface area contributed by atoms with Gasteiger partial charge in [-0.05, 0) is 5.92 Å². The quantitative estimate of drug-likeness (QED) is 0.467. The predicted octanol–water partition coefficient (Wildman–Crippen LogP) is 4.62. The lowest BCUT2D eigenvalue weighted by Gasteiger charge is -2.07. The summed E-state index contributed by atoms with van der Waals surface area (Å²) in [4.78, 5) is 10.0. The Morgan fingerprint density at radius 1 is 1.14 bits per heavy atom. The fourth-order valence-electron chi connectivity index (χ4n) is 1.03. The summed E-state index contributed by atoms with van der Waals surface area (Å²) in [5.74, 6) is 0.646. The smallest absolute Gasteiger partial charge is 0.120 e. The molecule has 0 fully saturated rings. The lowest BCUT2D eigenvalue weighted by molar-refractivity contribution is -0.108. The van der Waals surface area contributed by atoms with Gasteiger partial charge in [-0.2, -0.15) is 0 Å². The molecule has 0 saturated carbocycles. The minimum atomic E-state index is 0.646. The molecule has 1 heteroatoms. The van der Waals surface area contributed by atoms with Crippen molar-refractivity contribution in [3.63, 3.8) is 0 Å². The first kappa shape index (κ1) is 19.1. The first-order valence-corrected chi connectivity index (χ1v) is 5.70. The van der Waals surface area contributed by atoms with E-state index in [-0.39, 0.29) is 0 Å². The summed E-state index contributed by atoms with van der Waals surface area (Å²) >= 11 is 0. The van der Waals surface area contributed by atoms with E-state index in [4.69, 9.17) is 0 Å². The molecule has 0 aromatic carbocycles. The van der Waals surface area contributed by atoms with E-state index < -0.39 is 0 Å². The van der Waals surface area contributed by atoms with Gasteiger partial charge in [0.25, 0.3) is 0 Å². The van der Waals surface area contributed by atoms with E-state index in [1.54, 1.807) is 0 Å². The summed E-state index contributed by atoms with van der Waals surface area (Å²) in [6, 6.07) is 0. The van der Waals surface area contributed by atoms with Crippen LogP contribution in [0.1, 0.15) is 59.8 Å². The van der Waals surface area contributed by atoms with Gasteiger partial charge in [0.15, 0.2) is 0 Å². The summed E-state index contributed by atoms with van der Waals surface area (Å²) in [6.07, 6.45) is 6.59. The molecule has 0 N–H and O–H groups in total. The summed E-state index contributed by atoms with van der Waals surface area (Å²) in [5.41, 5.74) is 0. The van der Waals surface area contributed by atoms with Gasteiger partial charge in [0, 0.05) is 6.42 Å². The van der Waals surface area contributed by atoms with Crippen molar-refractivity contribution in [3.8, 4) is 0 Å². The molecule has 0 aliphatic heterocycles. The van der Waals surface area contributed by atoms with Gasteiger partial charge < -0.3 is 4.79 Å². The first-order valence-electron chi connectivity index (χ1n) is 5.70. The first-order chi connectivity index (χ1) is 6.76. The van der Waals surface area contributed by atoms with Crippen LogP contribution in [0.15, 0.2) is 13.2 Å². The molecule has 0 aliphatic carbocycles. The van der Waals surface area contributed by atoms with Crippen LogP contribution in [0.4, 0.5) is 0 Å². The standard InChI is InChI=1S/C8H16O.C3H8.C2H4/c1-3-5-8(4-2)6-7-9;1-3-2;1-2/h7-8H,3-6H2,1-2H3;3H2,1-2H3;1-2H2. The van der Waals surface area contributed by atoms with Crippen LogP contribution >= 0.6 is 0 Å². The lowest BCUT2D eigenvalue weighted by Crippen LogP contribution is -1.97. The Morgan fingerprint density at radius 2 is 1.57 bits per heavy atom. The van der Waals surface area contributed by atoms with Crippen molar-refractivity contribution in [3.05, 3.63) is 13.2 Å². The third-order valence-electron chi connectivity index (χ3n) is 1.70. The maximum Gasteiger partial charge on any atom is 0.120 e. The highest BCUT2D eigenvalue weighted by atomic mass is 16.1. The Morgan fingerprint density at radius 3 is 1.79 bits per heavy atom. The molecule has 0 bridgehead atoms. The normalized spacial score (nSPS) is 10.0. The van der Waals surface area contributed by atoms with E-state index in [1.807, 2.05) is 0 Å². The van der Waals surface area contributed by atoms with Crippen molar-refractivity contribution in [2.45, 2.75) is 59.8 Å². The van der Waals surface area contributed by atoms with Crippen molar-refractivity contribution in [2.75, 3.05) is 0 Å². The van der Waals surface area contributed by atoms with E-state index in [9.17, 15) is 4.79 Å². The van der Waals surface area contributed by atoms with Crippen LogP contribution in [0.5, 0.6) is 0 Å². The average Bonchev–Trinajstić information content (AvgIpc) is 2.22. The van der Waals surface area contributed by atoms with Crippen LogP contribution in [0.3, 0.4) is 0 Å². The van der Waals surface area contributed by atoms with Crippen molar-refractivity contribution >= 4 is 6.29 Å². The number of aldehydes is 1. The molecule has 0 amide bonds. The topological polar surface area (TPSA) is 17.1 Å². The third kappa shape index (κ3) is 22.5.